The van der Waals surface area contributed by atoms with Gasteiger partial charge in [-0.25, -0.2) is 9.69 Å². The number of halogens is 2. The summed E-state index contributed by atoms with van der Waals surface area (Å²) in [6.45, 7) is 4.30. The van der Waals surface area contributed by atoms with E-state index in [0.29, 0.717) is 28.8 Å². The van der Waals surface area contributed by atoms with Crippen LogP contribution in [0.3, 0.4) is 0 Å². The van der Waals surface area contributed by atoms with E-state index in [2.05, 4.69) is 5.32 Å². The van der Waals surface area contributed by atoms with Crippen LogP contribution in [-0.2, 0) is 11.2 Å². The predicted molar refractivity (Wildman–Crippen MR) is 128 cm³/mol. The molecule has 1 heterocycles. The van der Waals surface area contributed by atoms with Gasteiger partial charge in [0.25, 0.3) is 5.91 Å². The van der Waals surface area contributed by atoms with Gasteiger partial charge in [-0.05, 0) is 60.9 Å². The average molecular weight is 469 g/mol. The van der Waals surface area contributed by atoms with Crippen molar-refractivity contribution >= 4 is 40.8 Å². The van der Waals surface area contributed by atoms with Crippen molar-refractivity contribution in [3.05, 3.63) is 82.3 Å². The molecule has 1 N–H and O–H groups in total. The van der Waals surface area contributed by atoms with Gasteiger partial charge in [0.1, 0.15) is 11.3 Å². The molecule has 7 heteroatoms. The van der Waals surface area contributed by atoms with Crippen LogP contribution < -0.4 is 15.0 Å². The number of benzene rings is 3. The van der Waals surface area contributed by atoms with Gasteiger partial charge in [-0.1, -0.05) is 59.6 Å². The van der Waals surface area contributed by atoms with Gasteiger partial charge >= 0.3 is 6.03 Å². The lowest BCUT2D eigenvalue weighted by Gasteiger charge is -2.22. The molecular formula is C25H22Cl2N2O3. The Morgan fingerprint density at radius 3 is 2.03 bits per heavy atom. The molecule has 1 unspecified atom stereocenters. The number of rotatable bonds is 6. The normalized spacial score (nSPS) is 18.1. The molecule has 0 radical (unpaired) electrons. The van der Waals surface area contributed by atoms with Crippen LogP contribution in [0.15, 0.2) is 66.7 Å². The zero-order valence-electron chi connectivity index (χ0n) is 17.7. The first-order valence-corrected chi connectivity index (χ1v) is 11.0. The van der Waals surface area contributed by atoms with E-state index in [1.807, 2.05) is 55.5 Å². The van der Waals surface area contributed by atoms with E-state index in [1.165, 1.54) is 0 Å². The first kappa shape index (κ1) is 22.2. The maximum absolute atomic E-state index is 13.2. The number of imide groups is 1. The van der Waals surface area contributed by atoms with Gasteiger partial charge in [0, 0.05) is 16.5 Å². The summed E-state index contributed by atoms with van der Waals surface area (Å²) >= 11 is 12.1. The summed E-state index contributed by atoms with van der Waals surface area (Å²) in [4.78, 5) is 26.9. The number of hydrogen-bond donors (Lipinski definition) is 1. The summed E-state index contributed by atoms with van der Waals surface area (Å²) < 4.78 is 5.49. The zero-order chi connectivity index (χ0) is 22.9. The lowest BCUT2D eigenvalue weighted by molar-refractivity contribution is -0.121. The highest BCUT2D eigenvalue weighted by atomic mass is 35.5. The second-order valence-corrected chi connectivity index (χ2v) is 8.73. The molecule has 0 saturated carbocycles. The highest BCUT2D eigenvalue weighted by molar-refractivity contribution is 6.35. The second-order valence-electron chi connectivity index (χ2n) is 7.86. The molecule has 1 aliphatic rings. The first-order chi connectivity index (χ1) is 15.3. The van der Waals surface area contributed by atoms with Crippen molar-refractivity contribution in [3.8, 4) is 16.9 Å². The van der Waals surface area contributed by atoms with Crippen LogP contribution in [-0.4, -0.2) is 24.1 Å². The number of carbonyl (C=O) groups excluding carboxylic acids is 2. The Hall–Kier alpha value is -3.02. The second kappa shape index (κ2) is 8.85. The summed E-state index contributed by atoms with van der Waals surface area (Å²) in [5.74, 6) is 0.484. The quantitative estimate of drug-likeness (QED) is 0.443. The molecule has 0 spiro atoms. The number of hydrogen-bond acceptors (Lipinski definition) is 3. The number of urea groups is 1. The van der Waals surface area contributed by atoms with Gasteiger partial charge in [-0.3, -0.25) is 4.79 Å². The van der Waals surface area contributed by atoms with Crippen LogP contribution in [0.2, 0.25) is 10.0 Å². The van der Waals surface area contributed by atoms with Gasteiger partial charge in [-0.2, -0.15) is 0 Å². The van der Waals surface area contributed by atoms with E-state index >= 15 is 0 Å². The number of nitrogens with zero attached hydrogens (tertiary/aromatic N) is 1. The third-order valence-electron chi connectivity index (χ3n) is 5.38. The van der Waals surface area contributed by atoms with Crippen molar-refractivity contribution in [2.24, 2.45) is 0 Å². The molecule has 0 bridgehead atoms. The van der Waals surface area contributed by atoms with Gasteiger partial charge in [0.15, 0.2) is 0 Å². The fourth-order valence-electron chi connectivity index (χ4n) is 3.84. The van der Waals surface area contributed by atoms with E-state index in [-0.39, 0.29) is 5.91 Å². The number of anilines is 1. The fourth-order valence-corrected chi connectivity index (χ4v) is 4.36. The molecule has 164 valence electrons. The zero-order valence-corrected chi connectivity index (χ0v) is 19.2. The van der Waals surface area contributed by atoms with Gasteiger partial charge in [-0.15, -0.1) is 0 Å². The summed E-state index contributed by atoms with van der Waals surface area (Å²) in [6, 6.07) is 20.0. The Labute approximate surface area is 196 Å². The minimum Gasteiger partial charge on any atom is -0.494 e. The van der Waals surface area contributed by atoms with Crippen LogP contribution in [0.1, 0.15) is 19.4 Å². The fraction of sp³-hybridized carbons (Fsp3) is 0.200. The average Bonchev–Trinajstić information content (AvgIpc) is 2.96. The molecular weight excluding hydrogens is 447 g/mol. The highest BCUT2D eigenvalue weighted by Crippen LogP contribution is 2.32. The molecule has 1 aliphatic heterocycles. The largest absolute Gasteiger partial charge is 0.494 e. The number of nitrogens with one attached hydrogen (secondary N) is 1. The molecule has 4 rings (SSSR count). The Bertz CT molecular complexity index is 1140. The molecule has 3 amide bonds. The van der Waals surface area contributed by atoms with Crippen molar-refractivity contribution in [3.63, 3.8) is 0 Å². The molecule has 0 aromatic heterocycles. The first-order valence-electron chi connectivity index (χ1n) is 10.2. The molecule has 3 aromatic rings. The summed E-state index contributed by atoms with van der Waals surface area (Å²) in [5, 5.41) is 3.52. The van der Waals surface area contributed by atoms with Crippen LogP contribution >= 0.6 is 23.2 Å². The van der Waals surface area contributed by atoms with Crippen molar-refractivity contribution < 1.29 is 14.3 Å². The highest BCUT2D eigenvalue weighted by Gasteiger charge is 2.48. The van der Waals surface area contributed by atoms with Crippen LogP contribution in [0.5, 0.6) is 5.75 Å². The van der Waals surface area contributed by atoms with E-state index < -0.39 is 11.6 Å². The van der Waals surface area contributed by atoms with E-state index in [1.54, 1.807) is 25.1 Å². The number of carbonyl (C=O) groups is 2. The van der Waals surface area contributed by atoms with E-state index in [4.69, 9.17) is 27.9 Å². The molecule has 5 nitrogen and oxygen atoms in total. The Kier molecular flexibility index (Phi) is 6.13. The topological polar surface area (TPSA) is 58.6 Å². The molecule has 32 heavy (non-hydrogen) atoms. The standard InChI is InChI=1S/C25H22Cl2N2O3/c1-3-32-22-10-8-18(9-11-22)17-6-4-16(5-7-17)15-25(2)23(30)29(24(31)28-25)21-13-19(26)12-20(27)14-21/h4-14H,3,15H2,1-2H3,(H,28,31). The number of ether oxygens (including phenoxy) is 1. The van der Waals surface area contributed by atoms with Crippen molar-refractivity contribution in [1.29, 1.82) is 0 Å². The van der Waals surface area contributed by atoms with Gasteiger partial charge in [0.2, 0.25) is 0 Å². The molecule has 1 saturated heterocycles. The summed E-state index contributed by atoms with van der Waals surface area (Å²) in [6.07, 6.45) is 0.353. The van der Waals surface area contributed by atoms with Crippen LogP contribution in [0, 0.1) is 0 Å². The molecule has 1 fully saturated rings. The molecule has 1 atom stereocenters. The number of amides is 3. The smallest absolute Gasteiger partial charge is 0.329 e. The maximum Gasteiger partial charge on any atom is 0.329 e. The predicted octanol–water partition coefficient (Wildman–Crippen LogP) is 6.12. The van der Waals surface area contributed by atoms with E-state index in [0.717, 1.165) is 27.3 Å². The summed E-state index contributed by atoms with van der Waals surface area (Å²) in [5.41, 5.74) is 2.33. The third kappa shape index (κ3) is 4.45. The summed E-state index contributed by atoms with van der Waals surface area (Å²) in [7, 11) is 0. The van der Waals surface area contributed by atoms with E-state index in [9.17, 15) is 9.59 Å². The van der Waals surface area contributed by atoms with Crippen molar-refractivity contribution in [2.45, 2.75) is 25.8 Å². The maximum atomic E-state index is 13.2. The molecule has 3 aromatic carbocycles. The van der Waals surface area contributed by atoms with Crippen LogP contribution in [0.4, 0.5) is 10.5 Å². The minimum atomic E-state index is -1.08. The van der Waals surface area contributed by atoms with Crippen molar-refractivity contribution in [2.75, 3.05) is 11.5 Å². The Morgan fingerprint density at radius 2 is 1.47 bits per heavy atom. The Balaban J connectivity index is 1.52. The Morgan fingerprint density at radius 1 is 0.906 bits per heavy atom. The monoisotopic (exact) mass is 468 g/mol. The minimum absolute atomic E-state index is 0.347. The van der Waals surface area contributed by atoms with Crippen LogP contribution in [0.25, 0.3) is 11.1 Å². The van der Waals surface area contributed by atoms with Gasteiger partial charge in [0.05, 0.1) is 12.3 Å². The lowest BCUT2D eigenvalue weighted by Crippen LogP contribution is -2.46. The molecule has 0 aliphatic carbocycles. The SMILES string of the molecule is CCOc1ccc(-c2ccc(CC3(C)NC(=O)N(c4cc(Cl)cc(Cl)c4)C3=O)cc2)cc1. The lowest BCUT2D eigenvalue weighted by atomic mass is 9.91. The third-order valence-corrected chi connectivity index (χ3v) is 5.81. The van der Waals surface area contributed by atoms with Gasteiger partial charge < -0.3 is 10.1 Å². The van der Waals surface area contributed by atoms with Crippen molar-refractivity contribution in [1.82, 2.24) is 5.32 Å².